The van der Waals surface area contributed by atoms with Gasteiger partial charge in [0.2, 0.25) is 5.88 Å². The van der Waals surface area contributed by atoms with Gasteiger partial charge in [-0.3, -0.25) is 0 Å². The molecular formula is C28H24N2OS. The second-order valence-corrected chi connectivity index (χ2v) is 8.51. The first-order valence-electron chi connectivity index (χ1n) is 10.7. The number of pyridine rings is 1. The van der Waals surface area contributed by atoms with Crippen molar-refractivity contribution in [2.45, 2.75) is 13.2 Å². The van der Waals surface area contributed by atoms with Crippen LogP contribution in [0.25, 0.3) is 16.8 Å². The number of hydrogen-bond donors (Lipinski definition) is 0. The summed E-state index contributed by atoms with van der Waals surface area (Å²) < 4.78 is 5.86. The highest BCUT2D eigenvalue weighted by Crippen LogP contribution is 2.37. The molecule has 4 aromatic rings. The van der Waals surface area contributed by atoms with Crippen LogP contribution in [-0.2, 0) is 13.2 Å². The molecule has 0 spiro atoms. The molecule has 0 saturated heterocycles. The molecule has 158 valence electrons. The Balaban J connectivity index is 1.35. The van der Waals surface area contributed by atoms with E-state index in [9.17, 15) is 0 Å². The lowest BCUT2D eigenvalue weighted by molar-refractivity contribution is 0.294. The number of benzene rings is 3. The van der Waals surface area contributed by atoms with Crippen molar-refractivity contribution in [3.63, 3.8) is 0 Å². The molecule has 5 rings (SSSR count). The molecule has 1 aromatic heterocycles. The Morgan fingerprint density at radius 2 is 1.44 bits per heavy atom. The summed E-state index contributed by atoms with van der Waals surface area (Å²) in [5, 5.41) is 2.27. The normalized spacial score (nSPS) is 13.1. The number of nitrogens with zero attached hydrogens (tertiary/aromatic N) is 2. The number of aromatic nitrogens is 1. The fraction of sp³-hybridized carbons (Fsp3) is 0.107. The number of rotatable bonds is 7. The van der Waals surface area contributed by atoms with Crippen LogP contribution < -0.4 is 4.74 Å². The Labute approximate surface area is 193 Å². The van der Waals surface area contributed by atoms with E-state index in [1.165, 1.54) is 22.4 Å². The number of hydrogen-bond acceptors (Lipinski definition) is 4. The predicted molar refractivity (Wildman–Crippen MR) is 133 cm³/mol. The third-order valence-electron chi connectivity index (χ3n) is 5.46. The average Bonchev–Trinajstić information content (AvgIpc) is 3.32. The number of thioether (sulfide) groups is 1. The van der Waals surface area contributed by atoms with Crippen molar-refractivity contribution in [3.05, 3.63) is 125 Å². The van der Waals surface area contributed by atoms with E-state index in [1.54, 1.807) is 0 Å². The molecule has 0 unspecified atom stereocenters. The summed E-state index contributed by atoms with van der Waals surface area (Å²) in [6.07, 6.45) is 1.91. The summed E-state index contributed by atoms with van der Waals surface area (Å²) >= 11 is 1.84. The molecule has 0 saturated carbocycles. The van der Waals surface area contributed by atoms with Crippen molar-refractivity contribution < 1.29 is 4.74 Å². The molecule has 0 aliphatic carbocycles. The lowest BCUT2D eigenvalue weighted by Gasteiger charge is -2.23. The van der Waals surface area contributed by atoms with Crippen LogP contribution in [0.2, 0.25) is 0 Å². The van der Waals surface area contributed by atoms with E-state index in [0.29, 0.717) is 12.5 Å². The predicted octanol–water partition coefficient (Wildman–Crippen LogP) is 6.83. The Bertz CT molecular complexity index is 1190. The molecule has 32 heavy (non-hydrogen) atoms. The van der Waals surface area contributed by atoms with Crippen molar-refractivity contribution >= 4 is 17.5 Å². The van der Waals surface area contributed by atoms with Crippen LogP contribution >= 0.6 is 11.8 Å². The Morgan fingerprint density at radius 3 is 2.16 bits per heavy atom. The van der Waals surface area contributed by atoms with Crippen molar-refractivity contribution in [3.8, 4) is 17.0 Å². The highest BCUT2D eigenvalue weighted by Gasteiger charge is 2.20. The summed E-state index contributed by atoms with van der Waals surface area (Å²) in [7, 11) is 0. The number of ether oxygens (including phenoxy) is 1. The van der Waals surface area contributed by atoms with Crippen LogP contribution in [-0.4, -0.2) is 15.8 Å². The zero-order chi connectivity index (χ0) is 21.6. The second kappa shape index (κ2) is 9.75. The van der Waals surface area contributed by atoms with Crippen LogP contribution in [0.3, 0.4) is 0 Å². The smallest absolute Gasteiger partial charge is 0.213 e. The van der Waals surface area contributed by atoms with Gasteiger partial charge in [0, 0.05) is 29.9 Å². The van der Waals surface area contributed by atoms with Crippen molar-refractivity contribution in [1.29, 1.82) is 0 Å². The van der Waals surface area contributed by atoms with Gasteiger partial charge in [-0.25, -0.2) is 4.98 Å². The summed E-state index contributed by atoms with van der Waals surface area (Å²) in [5.41, 5.74) is 7.21. The minimum Gasteiger partial charge on any atom is -0.473 e. The summed E-state index contributed by atoms with van der Waals surface area (Å²) in [6.45, 7) is 1.42. The van der Waals surface area contributed by atoms with Gasteiger partial charge < -0.3 is 9.64 Å². The molecule has 4 heteroatoms. The van der Waals surface area contributed by atoms with Crippen molar-refractivity contribution in [2.75, 3.05) is 5.88 Å². The topological polar surface area (TPSA) is 25.4 Å². The summed E-state index contributed by atoms with van der Waals surface area (Å²) in [5.74, 6) is 1.60. The first-order chi connectivity index (χ1) is 15.9. The molecule has 0 bridgehead atoms. The van der Waals surface area contributed by atoms with Gasteiger partial charge in [-0.15, -0.1) is 11.8 Å². The van der Waals surface area contributed by atoms with Gasteiger partial charge in [-0.2, -0.15) is 0 Å². The van der Waals surface area contributed by atoms with Crippen LogP contribution in [0, 0.1) is 0 Å². The molecular weight excluding hydrogens is 412 g/mol. The van der Waals surface area contributed by atoms with E-state index in [-0.39, 0.29) is 0 Å². The molecule has 0 amide bonds. The molecule has 3 aromatic carbocycles. The van der Waals surface area contributed by atoms with Crippen LogP contribution in [0.4, 0.5) is 0 Å². The first-order valence-corrected chi connectivity index (χ1v) is 11.7. The Morgan fingerprint density at radius 1 is 0.750 bits per heavy atom. The van der Waals surface area contributed by atoms with Gasteiger partial charge in [0.05, 0.1) is 11.6 Å². The van der Waals surface area contributed by atoms with Crippen LogP contribution in [0.15, 0.2) is 109 Å². The Hall–Kier alpha value is -3.50. The monoisotopic (exact) mass is 436 g/mol. The van der Waals surface area contributed by atoms with Gasteiger partial charge in [0.1, 0.15) is 6.61 Å². The van der Waals surface area contributed by atoms with Gasteiger partial charge in [-0.1, -0.05) is 84.9 Å². The fourth-order valence-corrected chi connectivity index (χ4v) is 4.75. The van der Waals surface area contributed by atoms with Gasteiger partial charge >= 0.3 is 0 Å². The lowest BCUT2D eigenvalue weighted by Crippen LogP contribution is -2.18. The SMILES string of the molecule is C1=C(c2ccccc2-c2ccc(OCc3ccccc3)nc2)N(Cc2ccccc2)CS1. The maximum Gasteiger partial charge on any atom is 0.213 e. The quantitative estimate of drug-likeness (QED) is 0.317. The molecule has 0 atom stereocenters. The molecule has 3 nitrogen and oxygen atoms in total. The minimum atomic E-state index is 0.516. The summed E-state index contributed by atoms with van der Waals surface area (Å²) in [4.78, 5) is 7.00. The highest BCUT2D eigenvalue weighted by atomic mass is 32.2. The van der Waals surface area contributed by atoms with Crippen LogP contribution in [0.5, 0.6) is 5.88 Å². The van der Waals surface area contributed by atoms with E-state index in [1.807, 2.05) is 42.2 Å². The molecule has 2 heterocycles. The molecule has 0 radical (unpaired) electrons. The van der Waals surface area contributed by atoms with Gasteiger partial charge in [-0.05, 0) is 28.2 Å². The van der Waals surface area contributed by atoms with E-state index >= 15 is 0 Å². The highest BCUT2D eigenvalue weighted by molar-refractivity contribution is 8.02. The average molecular weight is 437 g/mol. The van der Waals surface area contributed by atoms with Crippen molar-refractivity contribution in [2.24, 2.45) is 0 Å². The van der Waals surface area contributed by atoms with Crippen LogP contribution in [0.1, 0.15) is 16.7 Å². The third kappa shape index (κ3) is 4.71. The van der Waals surface area contributed by atoms with Gasteiger partial charge in [0.25, 0.3) is 0 Å². The minimum absolute atomic E-state index is 0.516. The summed E-state index contributed by atoms with van der Waals surface area (Å²) in [6, 6.07) is 33.4. The van der Waals surface area contributed by atoms with E-state index in [0.717, 1.165) is 23.5 Å². The second-order valence-electron chi connectivity index (χ2n) is 7.69. The lowest BCUT2D eigenvalue weighted by atomic mass is 9.98. The largest absolute Gasteiger partial charge is 0.473 e. The molecule has 0 N–H and O–H groups in total. The van der Waals surface area contributed by atoms with E-state index < -0.39 is 0 Å². The maximum atomic E-state index is 5.86. The van der Waals surface area contributed by atoms with Crippen molar-refractivity contribution in [1.82, 2.24) is 9.88 Å². The zero-order valence-corrected chi connectivity index (χ0v) is 18.5. The standard InChI is InChI=1S/C28H24N2OS/c1-3-9-22(10-4-1)18-30-21-32-20-27(30)26-14-8-7-13-25(26)24-15-16-28(29-17-24)31-19-23-11-5-2-6-12-23/h1-17,20H,18-19,21H2. The fourth-order valence-electron chi connectivity index (χ4n) is 3.83. The molecule has 1 aliphatic rings. The zero-order valence-electron chi connectivity index (χ0n) is 17.7. The van der Waals surface area contributed by atoms with E-state index in [4.69, 9.17) is 4.74 Å². The van der Waals surface area contributed by atoms with Gasteiger partial charge in [0.15, 0.2) is 0 Å². The maximum absolute atomic E-state index is 5.86. The van der Waals surface area contributed by atoms with E-state index in [2.05, 4.69) is 88.1 Å². The third-order valence-corrected chi connectivity index (χ3v) is 6.31. The molecule has 1 aliphatic heterocycles. The first kappa shape index (κ1) is 20.4. The molecule has 0 fully saturated rings. The Kier molecular flexibility index (Phi) is 6.22.